The fraction of sp³-hybridized carbons (Fsp3) is 0.833. The highest BCUT2D eigenvalue weighted by Gasteiger charge is 2.31. The van der Waals surface area contributed by atoms with Crippen LogP contribution in [0.4, 0.5) is 0 Å². The van der Waals surface area contributed by atoms with Crippen molar-refractivity contribution in [2.75, 3.05) is 19.6 Å². The minimum Gasteiger partial charge on any atom is -0.303 e. The number of hydrogen-bond donors (Lipinski definition) is 0. The molecule has 3 rings (SSSR count). The molecule has 2 bridgehead atoms. The first-order chi connectivity index (χ1) is 6.40. The van der Waals surface area contributed by atoms with Gasteiger partial charge in [-0.25, -0.2) is 0 Å². The van der Waals surface area contributed by atoms with Crippen LogP contribution in [0.2, 0.25) is 0 Å². The summed E-state index contributed by atoms with van der Waals surface area (Å²) >= 11 is 0. The number of piperidine rings is 3. The van der Waals surface area contributed by atoms with Gasteiger partial charge in [0.25, 0.3) is 0 Å². The maximum Gasteiger partial charge on any atom is 0.00470 e. The van der Waals surface area contributed by atoms with Crippen molar-refractivity contribution in [1.82, 2.24) is 4.90 Å². The Morgan fingerprint density at radius 3 is 2.15 bits per heavy atom. The van der Waals surface area contributed by atoms with Gasteiger partial charge in [0.05, 0.1) is 0 Å². The Balaban J connectivity index is 0.000000396. The maximum absolute atomic E-state index is 2.60. The molecule has 0 saturated carbocycles. The highest BCUT2D eigenvalue weighted by atomic mass is 15.1. The van der Waals surface area contributed by atoms with Gasteiger partial charge in [0.2, 0.25) is 0 Å². The molecule has 0 aromatic heterocycles. The smallest absolute Gasteiger partial charge is 0.00470 e. The van der Waals surface area contributed by atoms with E-state index in [0.717, 1.165) is 11.8 Å². The van der Waals surface area contributed by atoms with Crippen LogP contribution in [0.1, 0.15) is 33.6 Å². The topological polar surface area (TPSA) is 3.24 Å². The lowest BCUT2D eigenvalue weighted by atomic mass is 9.79. The van der Waals surface area contributed by atoms with Gasteiger partial charge in [0, 0.05) is 6.54 Å². The van der Waals surface area contributed by atoms with Crippen LogP contribution in [0.3, 0.4) is 0 Å². The van der Waals surface area contributed by atoms with Gasteiger partial charge in [0.1, 0.15) is 0 Å². The van der Waals surface area contributed by atoms with Crippen LogP contribution < -0.4 is 0 Å². The van der Waals surface area contributed by atoms with E-state index in [1.807, 2.05) is 13.8 Å². The Morgan fingerprint density at radius 2 is 1.77 bits per heavy atom. The van der Waals surface area contributed by atoms with Crippen molar-refractivity contribution in [1.29, 1.82) is 0 Å². The molecule has 76 valence electrons. The van der Waals surface area contributed by atoms with Gasteiger partial charge in [0.15, 0.2) is 0 Å². The second kappa shape index (κ2) is 5.43. The van der Waals surface area contributed by atoms with E-state index in [1.165, 1.54) is 32.5 Å². The van der Waals surface area contributed by atoms with Crippen molar-refractivity contribution < 1.29 is 0 Å². The molecule has 0 radical (unpaired) electrons. The zero-order chi connectivity index (χ0) is 9.68. The van der Waals surface area contributed by atoms with E-state index in [-0.39, 0.29) is 0 Å². The van der Waals surface area contributed by atoms with Gasteiger partial charge >= 0.3 is 0 Å². The van der Waals surface area contributed by atoms with Crippen LogP contribution in [0, 0.1) is 11.8 Å². The summed E-state index contributed by atoms with van der Waals surface area (Å²) in [5, 5.41) is 0. The van der Waals surface area contributed by atoms with Crippen molar-refractivity contribution >= 4 is 0 Å². The van der Waals surface area contributed by atoms with Crippen LogP contribution in [0.25, 0.3) is 0 Å². The molecule has 0 N–H and O–H groups in total. The van der Waals surface area contributed by atoms with E-state index in [0.29, 0.717) is 0 Å². The first-order valence-electron chi connectivity index (χ1n) is 5.75. The molecule has 3 saturated heterocycles. The van der Waals surface area contributed by atoms with E-state index in [9.17, 15) is 0 Å². The molecule has 0 aromatic carbocycles. The Morgan fingerprint density at radius 1 is 1.15 bits per heavy atom. The van der Waals surface area contributed by atoms with Gasteiger partial charge in [-0.05, 0) is 44.7 Å². The van der Waals surface area contributed by atoms with E-state index in [4.69, 9.17) is 0 Å². The molecular formula is C12H23N. The normalized spacial score (nSPS) is 37.3. The zero-order valence-electron chi connectivity index (χ0n) is 9.29. The Bertz CT molecular complexity index is 155. The molecule has 0 aliphatic carbocycles. The second-order valence-corrected chi connectivity index (χ2v) is 3.83. The second-order valence-electron chi connectivity index (χ2n) is 3.83. The average molecular weight is 181 g/mol. The maximum atomic E-state index is 2.60. The molecule has 1 nitrogen and oxygen atoms in total. The SMILES string of the molecule is C/C=C\C1CN2CCC1CC2.CC. The molecule has 1 atom stereocenters. The van der Waals surface area contributed by atoms with Gasteiger partial charge < -0.3 is 4.90 Å². The van der Waals surface area contributed by atoms with Gasteiger partial charge in [-0.3, -0.25) is 0 Å². The zero-order valence-corrected chi connectivity index (χ0v) is 9.29. The summed E-state index contributed by atoms with van der Waals surface area (Å²) in [6.07, 6.45) is 7.49. The summed E-state index contributed by atoms with van der Waals surface area (Å²) in [5.74, 6) is 1.89. The number of allylic oxidation sites excluding steroid dienone is 1. The summed E-state index contributed by atoms with van der Waals surface area (Å²) in [6, 6.07) is 0. The Labute approximate surface area is 82.8 Å². The molecule has 3 fully saturated rings. The predicted molar refractivity (Wildman–Crippen MR) is 58.8 cm³/mol. The van der Waals surface area contributed by atoms with Crippen molar-refractivity contribution in [2.45, 2.75) is 33.6 Å². The van der Waals surface area contributed by atoms with Crippen LogP contribution in [-0.4, -0.2) is 24.5 Å². The fourth-order valence-electron chi connectivity index (χ4n) is 2.48. The third-order valence-corrected chi connectivity index (χ3v) is 3.15. The Kier molecular flexibility index (Phi) is 4.51. The number of hydrogen-bond acceptors (Lipinski definition) is 1. The van der Waals surface area contributed by atoms with Gasteiger partial charge in [-0.2, -0.15) is 0 Å². The summed E-state index contributed by atoms with van der Waals surface area (Å²) < 4.78 is 0. The molecule has 13 heavy (non-hydrogen) atoms. The third-order valence-electron chi connectivity index (χ3n) is 3.15. The van der Waals surface area contributed by atoms with Crippen LogP contribution in [0.5, 0.6) is 0 Å². The standard InChI is InChI=1S/C10H17N.C2H6/c1-2-3-10-8-11-6-4-9(10)5-7-11;1-2/h2-3,9-10H,4-8H2,1H3;1-2H3/b3-2-;. The summed E-state index contributed by atoms with van der Waals surface area (Å²) in [5.41, 5.74) is 0. The third kappa shape index (κ3) is 2.57. The minimum absolute atomic E-state index is 0.877. The number of rotatable bonds is 1. The number of fused-ring (bicyclic) bond motifs is 3. The molecule has 3 aliphatic rings. The van der Waals surface area contributed by atoms with Crippen LogP contribution >= 0.6 is 0 Å². The molecule has 1 unspecified atom stereocenters. The molecule has 3 heterocycles. The summed E-state index contributed by atoms with van der Waals surface area (Å²) in [6.45, 7) is 10.2. The van der Waals surface area contributed by atoms with E-state index in [2.05, 4.69) is 24.0 Å². The van der Waals surface area contributed by atoms with E-state index in [1.54, 1.807) is 0 Å². The van der Waals surface area contributed by atoms with Gasteiger partial charge in [-0.15, -0.1) is 0 Å². The van der Waals surface area contributed by atoms with Crippen molar-refractivity contribution in [2.24, 2.45) is 11.8 Å². The van der Waals surface area contributed by atoms with E-state index >= 15 is 0 Å². The fourth-order valence-corrected chi connectivity index (χ4v) is 2.48. The van der Waals surface area contributed by atoms with Crippen LogP contribution in [-0.2, 0) is 0 Å². The Hall–Kier alpha value is -0.300. The number of nitrogens with zero attached hydrogens (tertiary/aromatic N) is 1. The summed E-state index contributed by atoms with van der Waals surface area (Å²) in [7, 11) is 0. The highest BCUT2D eigenvalue weighted by molar-refractivity contribution is 4.97. The lowest BCUT2D eigenvalue weighted by Crippen LogP contribution is -2.46. The lowest BCUT2D eigenvalue weighted by molar-refractivity contribution is 0.0736. The summed E-state index contributed by atoms with van der Waals surface area (Å²) in [4.78, 5) is 2.60. The first kappa shape index (κ1) is 10.8. The predicted octanol–water partition coefficient (Wildman–Crippen LogP) is 2.93. The van der Waals surface area contributed by atoms with Crippen molar-refractivity contribution in [3.63, 3.8) is 0 Å². The molecule has 3 aliphatic heterocycles. The van der Waals surface area contributed by atoms with E-state index < -0.39 is 0 Å². The minimum atomic E-state index is 0.877. The molecule has 0 aromatic rings. The van der Waals surface area contributed by atoms with Crippen LogP contribution in [0.15, 0.2) is 12.2 Å². The molecule has 0 spiro atoms. The molecule has 0 amide bonds. The highest BCUT2D eigenvalue weighted by Crippen LogP contribution is 2.32. The lowest BCUT2D eigenvalue weighted by Gasteiger charge is -2.43. The monoisotopic (exact) mass is 181 g/mol. The molecule has 1 heteroatoms. The first-order valence-corrected chi connectivity index (χ1v) is 5.75. The van der Waals surface area contributed by atoms with Gasteiger partial charge in [-0.1, -0.05) is 26.0 Å². The van der Waals surface area contributed by atoms with Crippen molar-refractivity contribution in [3.8, 4) is 0 Å². The molecular weight excluding hydrogens is 158 g/mol. The average Bonchev–Trinajstić information content (AvgIpc) is 2.23. The van der Waals surface area contributed by atoms with Crippen molar-refractivity contribution in [3.05, 3.63) is 12.2 Å². The largest absolute Gasteiger partial charge is 0.303 e. The quantitative estimate of drug-likeness (QED) is 0.562.